The zero-order valence-corrected chi connectivity index (χ0v) is 14.2. The van der Waals surface area contributed by atoms with Gasteiger partial charge in [0.25, 0.3) is 0 Å². The van der Waals surface area contributed by atoms with Crippen LogP contribution < -0.4 is 20.5 Å². The van der Waals surface area contributed by atoms with Crippen LogP contribution in [0.15, 0.2) is 67.4 Å². The number of nitrogens with zero attached hydrogens (tertiary/aromatic N) is 1. The maximum Gasteiger partial charge on any atom is 0.417 e. The zero-order chi connectivity index (χ0) is 19.2. The molecular formula is C20H16FN3O3. The Balaban J connectivity index is 1.71. The van der Waals surface area contributed by atoms with Crippen LogP contribution >= 0.6 is 0 Å². The van der Waals surface area contributed by atoms with Crippen LogP contribution in [0.5, 0.6) is 17.2 Å². The Labute approximate surface area is 155 Å². The average molecular weight is 365 g/mol. The molecule has 27 heavy (non-hydrogen) atoms. The molecule has 0 fully saturated rings. The first kappa shape index (κ1) is 17.9. The fourth-order valence-electron chi connectivity index (χ4n) is 2.28. The molecule has 0 saturated heterocycles. The number of halogens is 1. The fraction of sp³-hybridized carbons (Fsp3) is 0. The number of pyridine rings is 1. The summed E-state index contributed by atoms with van der Waals surface area (Å²) in [4.78, 5) is 15.8. The van der Waals surface area contributed by atoms with Gasteiger partial charge < -0.3 is 15.2 Å². The van der Waals surface area contributed by atoms with Crippen molar-refractivity contribution >= 4 is 23.7 Å². The van der Waals surface area contributed by atoms with Crippen molar-refractivity contribution in [1.82, 2.24) is 4.98 Å². The summed E-state index contributed by atoms with van der Waals surface area (Å²) in [6.45, 7) is 3.64. The van der Waals surface area contributed by atoms with Gasteiger partial charge in [0, 0.05) is 18.0 Å². The molecule has 0 atom stereocenters. The van der Waals surface area contributed by atoms with Gasteiger partial charge in [0.05, 0.1) is 5.56 Å². The topological polar surface area (TPSA) is 86.5 Å². The highest BCUT2D eigenvalue weighted by atomic mass is 19.1. The van der Waals surface area contributed by atoms with Gasteiger partial charge in [-0.25, -0.2) is 14.2 Å². The third-order valence-corrected chi connectivity index (χ3v) is 3.54. The second-order valence-corrected chi connectivity index (χ2v) is 5.39. The number of benzene rings is 2. The number of rotatable bonds is 5. The molecule has 0 aliphatic rings. The van der Waals surface area contributed by atoms with Gasteiger partial charge in [-0.05, 0) is 30.3 Å². The summed E-state index contributed by atoms with van der Waals surface area (Å²) in [6.07, 6.45) is 2.20. The van der Waals surface area contributed by atoms with E-state index in [0.717, 1.165) is 6.07 Å². The molecule has 0 aliphatic carbocycles. The zero-order valence-electron chi connectivity index (χ0n) is 14.2. The molecule has 0 saturated carbocycles. The molecule has 7 heteroatoms. The van der Waals surface area contributed by atoms with E-state index in [0.29, 0.717) is 17.1 Å². The van der Waals surface area contributed by atoms with E-state index in [1.54, 1.807) is 36.4 Å². The summed E-state index contributed by atoms with van der Waals surface area (Å²) in [5.74, 6) is 0.219. The molecule has 0 unspecified atom stereocenters. The monoisotopic (exact) mass is 365 g/mol. The third kappa shape index (κ3) is 4.40. The average Bonchev–Trinajstić information content (AvgIpc) is 2.65. The van der Waals surface area contributed by atoms with Crippen molar-refractivity contribution in [2.24, 2.45) is 0 Å². The molecule has 1 heterocycles. The lowest BCUT2D eigenvalue weighted by Gasteiger charge is -2.12. The summed E-state index contributed by atoms with van der Waals surface area (Å²) in [5.41, 5.74) is 6.43. The molecular weight excluding hydrogens is 349 g/mol. The maximum atomic E-state index is 14.4. The highest BCUT2D eigenvalue weighted by Crippen LogP contribution is 2.31. The summed E-state index contributed by atoms with van der Waals surface area (Å²) in [7, 11) is 0. The maximum absolute atomic E-state index is 14.4. The van der Waals surface area contributed by atoms with Crippen LogP contribution in [0.2, 0.25) is 0 Å². The number of hydrogen-bond donors (Lipinski definition) is 2. The van der Waals surface area contributed by atoms with Crippen molar-refractivity contribution < 1.29 is 18.7 Å². The lowest BCUT2D eigenvalue weighted by molar-refractivity contribution is 0.215. The molecule has 3 rings (SSSR count). The summed E-state index contributed by atoms with van der Waals surface area (Å²) in [6, 6.07) is 14.1. The highest BCUT2D eigenvalue weighted by Gasteiger charge is 2.12. The summed E-state index contributed by atoms with van der Waals surface area (Å²) in [5, 5.41) is 2.45. The first-order valence-corrected chi connectivity index (χ1v) is 7.95. The number of nitrogen functional groups attached to an aromatic ring is 1. The highest BCUT2D eigenvalue weighted by molar-refractivity contribution is 5.86. The van der Waals surface area contributed by atoms with E-state index in [9.17, 15) is 9.18 Å². The van der Waals surface area contributed by atoms with E-state index in [4.69, 9.17) is 15.2 Å². The number of ether oxygens (including phenoxy) is 2. The molecule has 0 spiro atoms. The van der Waals surface area contributed by atoms with Gasteiger partial charge in [0.2, 0.25) is 0 Å². The number of nitrogens with two attached hydrogens (primary N) is 1. The predicted molar refractivity (Wildman–Crippen MR) is 101 cm³/mol. The minimum Gasteiger partial charge on any atom is -0.453 e. The molecule has 136 valence electrons. The van der Waals surface area contributed by atoms with Gasteiger partial charge in [-0.15, -0.1) is 0 Å². The Morgan fingerprint density at radius 3 is 2.63 bits per heavy atom. The number of amides is 1. The van der Waals surface area contributed by atoms with Crippen LogP contribution in [-0.4, -0.2) is 11.1 Å². The molecule has 1 amide bonds. The minimum atomic E-state index is -0.731. The van der Waals surface area contributed by atoms with E-state index in [1.807, 2.05) is 0 Å². The normalized spacial score (nSPS) is 10.1. The quantitative estimate of drug-likeness (QED) is 0.675. The Morgan fingerprint density at radius 2 is 1.93 bits per heavy atom. The first-order chi connectivity index (χ1) is 13.1. The minimum absolute atomic E-state index is 0.0364. The number of carbonyl (C=O) groups excluding carboxylic acids is 1. The summed E-state index contributed by atoms with van der Waals surface area (Å²) >= 11 is 0. The molecule has 0 bridgehead atoms. The van der Waals surface area contributed by atoms with E-state index >= 15 is 0 Å². The van der Waals surface area contributed by atoms with Crippen molar-refractivity contribution in [2.45, 2.75) is 0 Å². The Morgan fingerprint density at radius 1 is 1.15 bits per heavy atom. The van der Waals surface area contributed by atoms with Crippen LogP contribution in [0.1, 0.15) is 5.56 Å². The van der Waals surface area contributed by atoms with Crippen molar-refractivity contribution in [3.63, 3.8) is 0 Å². The SMILES string of the molecule is C=Cc1c(Oc2ccc(NC(=O)Oc3ccccc3)cc2F)ccnc1N. The van der Waals surface area contributed by atoms with Crippen molar-refractivity contribution in [1.29, 1.82) is 0 Å². The number of anilines is 2. The molecule has 0 radical (unpaired) electrons. The second kappa shape index (κ2) is 8.01. The second-order valence-electron chi connectivity index (χ2n) is 5.39. The van der Waals surface area contributed by atoms with Gasteiger partial charge in [0.1, 0.15) is 17.3 Å². The van der Waals surface area contributed by atoms with Crippen LogP contribution in [0.4, 0.5) is 20.7 Å². The fourth-order valence-corrected chi connectivity index (χ4v) is 2.28. The van der Waals surface area contributed by atoms with E-state index in [2.05, 4.69) is 16.9 Å². The van der Waals surface area contributed by atoms with Crippen molar-refractivity contribution in [2.75, 3.05) is 11.1 Å². The van der Waals surface area contributed by atoms with Gasteiger partial charge >= 0.3 is 6.09 Å². The van der Waals surface area contributed by atoms with E-state index in [1.165, 1.54) is 24.4 Å². The van der Waals surface area contributed by atoms with Crippen LogP contribution in [0.3, 0.4) is 0 Å². The number of para-hydroxylation sites is 1. The Kier molecular flexibility index (Phi) is 5.32. The lowest BCUT2D eigenvalue weighted by Crippen LogP contribution is -2.16. The van der Waals surface area contributed by atoms with E-state index in [-0.39, 0.29) is 17.3 Å². The lowest BCUT2D eigenvalue weighted by atomic mass is 10.2. The summed E-state index contributed by atoms with van der Waals surface area (Å²) < 4.78 is 25.0. The van der Waals surface area contributed by atoms with Crippen molar-refractivity contribution in [3.8, 4) is 17.2 Å². The molecule has 0 aliphatic heterocycles. The van der Waals surface area contributed by atoms with Crippen LogP contribution in [0.25, 0.3) is 6.08 Å². The Hall–Kier alpha value is -3.87. The van der Waals surface area contributed by atoms with Gasteiger partial charge in [-0.1, -0.05) is 30.9 Å². The molecule has 1 aromatic heterocycles. The number of carbonyl (C=O) groups is 1. The van der Waals surface area contributed by atoms with Crippen LogP contribution in [-0.2, 0) is 0 Å². The predicted octanol–water partition coefficient (Wildman–Crippen LogP) is 4.85. The van der Waals surface area contributed by atoms with Gasteiger partial charge in [-0.2, -0.15) is 0 Å². The first-order valence-electron chi connectivity index (χ1n) is 7.95. The van der Waals surface area contributed by atoms with Gasteiger partial charge in [-0.3, -0.25) is 5.32 Å². The standard InChI is InChI=1S/C20H16FN3O3/c1-2-15-17(10-11-23-19(15)22)27-18-9-8-13(12-16(18)21)24-20(25)26-14-6-4-3-5-7-14/h2-12H,1H2,(H2,22,23)(H,24,25). The number of hydrogen-bond acceptors (Lipinski definition) is 5. The molecule has 3 aromatic rings. The number of nitrogens with one attached hydrogen (secondary N) is 1. The largest absolute Gasteiger partial charge is 0.453 e. The third-order valence-electron chi connectivity index (χ3n) is 3.54. The van der Waals surface area contributed by atoms with E-state index < -0.39 is 11.9 Å². The number of aromatic nitrogens is 1. The molecule has 3 N–H and O–H groups in total. The van der Waals surface area contributed by atoms with Crippen molar-refractivity contribution in [3.05, 3.63) is 78.8 Å². The molecule has 6 nitrogen and oxygen atoms in total. The molecule has 2 aromatic carbocycles. The van der Waals surface area contributed by atoms with Gasteiger partial charge in [0.15, 0.2) is 11.6 Å². The smallest absolute Gasteiger partial charge is 0.417 e. The van der Waals surface area contributed by atoms with Crippen LogP contribution in [0, 0.1) is 5.82 Å². The Bertz CT molecular complexity index is 977.